The first-order chi connectivity index (χ1) is 13.1. The average molecular weight is 411 g/mol. The van der Waals surface area contributed by atoms with E-state index in [4.69, 9.17) is 0 Å². The normalized spacial score (nSPS) is 17.4. The highest BCUT2D eigenvalue weighted by Gasteiger charge is 2.38. The number of rotatable bonds is 5. The van der Waals surface area contributed by atoms with Gasteiger partial charge < -0.3 is 10.4 Å². The molecule has 0 radical (unpaired) electrons. The highest BCUT2D eigenvalue weighted by molar-refractivity contribution is 7.89. The molecule has 1 saturated heterocycles. The molecule has 1 aromatic carbocycles. The van der Waals surface area contributed by atoms with E-state index in [0.717, 1.165) is 6.07 Å². The summed E-state index contributed by atoms with van der Waals surface area (Å²) in [4.78, 5) is 11.5. The lowest BCUT2D eigenvalue weighted by molar-refractivity contribution is -0.0224. The van der Waals surface area contributed by atoms with Crippen molar-refractivity contribution < 1.29 is 22.7 Å². The predicted octanol–water partition coefficient (Wildman–Crippen LogP) is 0.301. The molecule has 2 N–H and O–H groups in total. The van der Waals surface area contributed by atoms with Crippen LogP contribution in [-0.2, 0) is 16.6 Å². The number of carbonyl (C=O) groups excluding carboxylic acids is 1. The van der Waals surface area contributed by atoms with Gasteiger partial charge in [0.15, 0.2) is 5.69 Å². The van der Waals surface area contributed by atoms with E-state index in [9.17, 15) is 22.7 Å². The van der Waals surface area contributed by atoms with E-state index in [2.05, 4.69) is 15.6 Å². The van der Waals surface area contributed by atoms with Crippen LogP contribution in [0.5, 0.6) is 0 Å². The van der Waals surface area contributed by atoms with E-state index >= 15 is 0 Å². The summed E-state index contributed by atoms with van der Waals surface area (Å²) in [5.41, 5.74) is -0.587. The van der Waals surface area contributed by atoms with Gasteiger partial charge in [-0.15, -0.1) is 5.10 Å². The molecule has 1 aliphatic rings. The van der Waals surface area contributed by atoms with E-state index in [-0.39, 0.29) is 49.0 Å². The Morgan fingerprint density at radius 3 is 2.68 bits per heavy atom. The fraction of sp³-hybridized carbons (Fsp3) is 0.471. The monoisotopic (exact) mass is 411 g/mol. The largest absolute Gasteiger partial charge is 0.388 e. The lowest BCUT2D eigenvalue weighted by Gasteiger charge is -2.37. The minimum atomic E-state index is -3.85. The number of hydrogen-bond acceptors (Lipinski definition) is 6. The number of nitrogens with zero attached hydrogens (tertiary/aromatic N) is 4. The van der Waals surface area contributed by atoms with Crippen LogP contribution in [0.25, 0.3) is 0 Å². The average Bonchev–Trinajstić information content (AvgIpc) is 3.11. The van der Waals surface area contributed by atoms with Crippen LogP contribution < -0.4 is 5.32 Å². The zero-order valence-electron chi connectivity index (χ0n) is 15.6. The van der Waals surface area contributed by atoms with Crippen LogP contribution in [-0.4, -0.2) is 64.5 Å². The number of aryl methyl sites for hydroxylation is 1. The van der Waals surface area contributed by atoms with Gasteiger partial charge in [-0.3, -0.25) is 4.79 Å². The summed E-state index contributed by atoms with van der Waals surface area (Å²) in [6.07, 6.45) is 1.78. The molecule has 0 unspecified atom stereocenters. The molecule has 1 fully saturated rings. The molecule has 1 aliphatic heterocycles. The van der Waals surface area contributed by atoms with Crippen LogP contribution in [0.15, 0.2) is 29.3 Å². The van der Waals surface area contributed by atoms with Gasteiger partial charge in [-0.1, -0.05) is 11.3 Å². The van der Waals surface area contributed by atoms with Crippen molar-refractivity contribution in [3.05, 3.63) is 41.5 Å². The Kier molecular flexibility index (Phi) is 5.50. The smallest absolute Gasteiger partial charge is 0.273 e. The second-order valence-electron chi connectivity index (χ2n) is 6.92. The molecule has 1 amide bonds. The number of aromatic nitrogens is 3. The molecule has 0 aliphatic carbocycles. The van der Waals surface area contributed by atoms with E-state index in [1.807, 2.05) is 0 Å². The summed E-state index contributed by atoms with van der Waals surface area (Å²) in [7, 11) is -2.38. The van der Waals surface area contributed by atoms with E-state index in [1.54, 1.807) is 6.92 Å². The fourth-order valence-electron chi connectivity index (χ4n) is 3.20. The molecule has 1 aromatic heterocycles. The molecule has 152 valence electrons. The van der Waals surface area contributed by atoms with Crippen molar-refractivity contribution in [2.24, 2.45) is 0 Å². The number of carbonyl (C=O) groups is 1. The van der Waals surface area contributed by atoms with Gasteiger partial charge in [-0.2, -0.15) is 4.31 Å². The Morgan fingerprint density at radius 1 is 1.36 bits per heavy atom. The maximum atomic E-state index is 13.5. The number of sulfonamides is 1. The number of aliphatic hydroxyl groups is 1. The molecule has 0 bridgehead atoms. The molecule has 0 saturated carbocycles. The number of hydrogen-bond donors (Lipinski definition) is 2. The number of amides is 1. The zero-order chi connectivity index (χ0) is 20.5. The Morgan fingerprint density at radius 2 is 2.04 bits per heavy atom. The lowest BCUT2D eigenvalue weighted by Crippen LogP contribution is -2.48. The summed E-state index contributed by atoms with van der Waals surface area (Å²) in [5, 5.41) is 20.8. The van der Waals surface area contributed by atoms with Crippen LogP contribution in [0, 0.1) is 12.7 Å². The highest BCUT2D eigenvalue weighted by Crippen LogP contribution is 2.29. The van der Waals surface area contributed by atoms with Crippen molar-refractivity contribution in [1.29, 1.82) is 0 Å². The summed E-state index contributed by atoms with van der Waals surface area (Å²) in [6, 6.07) is 3.66. The molecule has 9 nitrogen and oxygen atoms in total. The van der Waals surface area contributed by atoms with Crippen molar-refractivity contribution in [2.75, 3.05) is 20.1 Å². The van der Waals surface area contributed by atoms with Gasteiger partial charge >= 0.3 is 0 Å². The summed E-state index contributed by atoms with van der Waals surface area (Å²) in [6.45, 7) is 1.88. The lowest BCUT2D eigenvalue weighted by atomic mass is 9.92. The predicted molar refractivity (Wildman–Crippen MR) is 97.5 cm³/mol. The number of halogens is 1. The first-order valence-electron chi connectivity index (χ1n) is 8.75. The van der Waals surface area contributed by atoms with Crippen LogP contribution in [0.3, 0.4) is 0 Å². The SMILES string of the molecule is CNC(=O)c1cn(CC2(O)CCN(S(=O)(=O)c3cc(F)ccc3C)CC2)nn1. The standard InChI is InChI=1S/C17H22FN5O4S/c1-12-3-4-13(18)9-15(12)28(26,27)23-7-5-17(25,6-8-23)11-22-10-14(20-21-22)16(24)19-2/h3-4,9-10,25H,5-8,11H2,1-2H3,(H,19,24). The minimum absolute atomic E-state index is 0.0653. The second-order valence-corrected chi connectivity index (χ2v) is 8.83. The van der Waals surface area contributed by atoms with Crippen molar-refractivity contribution in [1.82, 2.24) is 24.6 Å². The van der Waals surface area contributed by atoms with Gasteiger partial charge in [0.05, 0.1) is 23.2 Å². The zero-order valence-corrected chi connectivity index (χ0v) is 16.4. The third kappa shape index (κ3) is 4.05. The quantitative estimate of drug-likeness (QED) is 0.731. The van der Waals surface area contributed by atoms with Gasteiger partial charge in [0, 0.05) is 20.1 Å². The van der Waals surface area contributed by atoms with Gasteiger partial charge in [0.1, 0.15) is 5.82 Å². The Bertz CT molecular complexity index is 983. The van der Waals surface area contributed by atoms with Crippen molar-refractivity contribution >= 4 is 15.9 Å². The minimum Gasteiger partial charge on any atom is -0.388 e. The second kappa shape index (κ2) is 7.57. The third-order valence-corrected chi connectivity index (χ3v) is 6.92. The molecule has 0 atom stereocenters. The Balaban J connectivity index is 1.70. The van der Waals surface area contributed by atoms with Gasteiger partial charge in [-0.05, 0) is 37.5 Å². The van der Waals surface area contributed by atoms with Crippen molar-refractivity contribution in [2.45, 2.75) is 36.8 Å². The molecule has 11 heteroatoms. The van der Waals surface area contributed by atoms with Crippen molar-refractivity contribution in [3.63, 3.8) is 0 Å². The molecule has 2 heterocycles. The van der Waals surface area contributed by atoms with Crippen LogP contribution in [0.4, 0.5) is 4.39 Å². The van der Waals surface area contributed by atoms with Crippen LogP contribution in [0.2, 0.25) is 0 Å². The van der Waals surface area contributed by atoms with Crippen LogP contribution >= 0.6 is 0 Å². The summed E-state index contributed by atoms with van der Waals surface area (Å²) < 4.78 is 41.8. The van der Waals surface area contributed by atoms with Crippen molar-refractivity contribution in [3.8, 4) is 0 Å². The summed E-state index contributed by atoms with van der Waals surface area (Å²) in [5.74, 6) is -1.000. The van der Waals surface area contributed by atoms with E-state index < -0.39 is 21.4 Å². The molecular weight excluding hydrogens is 389 g/mol. The molecule has 2 aromatic rings. The van der Waals surface area contributed by atoms with Gasteiger partial charge in [0.2, 0.25) is 10.0 Å². The maximum Gasteiger partial charge on any atom is 0.273 e. The molecule has 0 spiro atoms. The molecule has 28 heavy (non-hydrogen) atoms. The topological polar surface area (TPSA) is 117 Å². The number of nitrogens with one attached hydrogen (secondary N) is 1. The summed E-state index contributed by atoms with van der Waals surface area (Å²) >= 11 is 0. The number of piperidine rings is 1. The first-order valence-corrected chi connectivity index (χ1v) is 10.2. The third-order valence-electron chi connectivity index (χ3n) is 4.88. The van der Waals surface area contributed by atoms with E-state index in [1.165, 1.54) is 34.4 Å². The highest BCUT2D eigenvalue weighted by atomic mass is 32.2. The fourth-order valence-corrected chi connectivity index (χ4v) is 4.88. The Labute approximate surface area is 162 Å². The molecule has 3 rings (SSSR count). The van der Waals surface area contributed by atoms with Crippen LogP contribution in [0.1, 0.15) is 28.9 Å². The Hall–Kier alpha value is -2.37. The van der Waals surface area contributed by atoms with E-state index in [0.29, 0.717) is 5.56 Å². The van der Waals surface area contributed by atoms with Gasteiger partial charge in [-0.25, -0.2) is 17.5 Å². The number of benzene rings is 1. The van der Waals surface area contributed by atoms with Gasteiger partial charge in [0.25, 0.3) is 5.91 Å². The maximum absolute atomic E-state index is 13.5. The first kappa shape index (κ1) is 20.4. The molecular formula is C17H22FN5O4S.